The lowest BCUT2D eigenvalue weighted by Gasteiger charge is -2.34. The number of nitrogens with zero attached hydrogens (tertiary/aromatic N) is 3. The highest BCUT2D eigenvalue weighted by Crippen LogP contribution is 2.19. The molecule has 4 heteroatoms. The van der Waals surface area contributed by atoms with Gasteiger partial charge < -0.3 is 5.73 Å². The van der Waals surface area contributed by atoms with Crippen molar-refractivity contribution in [2.24, 2.45) is 11.7 Å². The van der Waals surface area contributed by atoms with Gasteiger partial charge in [-0.15, -0.1) is 0 Å². The van der Waals surface area contributed by atoms with Crippen molar-refractivity contribution < 1.29 is 0 Å². The summed E-state index contributed by atoms with van der Waals surface area (Å²) in [6, 6.07) is 2.14. The van der Waals surface area contributed by atoms with Gasteiger partial charge in [0, 0.05) is 25.0 Å². The quantitative estimate of drug-likeness (QED) is 0.827. The predicted molar refractivity (Wildman–Crippen MR) is 63.7 cm³/mol. The maximum absolute atomic E-state index is 5.96. The monoisotopic (exact) mass is 220 g/mol. The molecule has 88 valence electrons. The molecule has 0 aromatic carbocycles. The van der Waals surface area contributed by atoms with Gasteiger partial charge >= 0.3 is 0 Å². The Labute approximate surface area is 96.9 Å². The second kappa shape index (κ2) is 5.37. The third-order valence-electron chi connectivity index (χ3n) is 3.27. The molecule has 1 aromatic heterocycles. The molecule has 0 radical (unpaired) electrons. The lowest BCUT2D eigenvalue weighted by molar-refractivity contribution is 0.151. The Morgan fingerprint density at radius 2 is 2.25 bits per heavy atom. The van der Waals surface area contributed by atoms with Gasteiger partial charge in [-0.05, 0) is 38.3 Å². The van der Waals surface area contributed by atoms with Crippen molar-refractivity contribution >= 4 is 0 Å². The topological polar surface area (TPSA) is 55.0 Å². The lowest BCUT2D eigenvalue weighted by atomic mass is 9.92. The minimum absolute atomic E-state index is 0.291. The summed E-state index contributed by atoms with van der Waals surface area (Å²) in [5, 5.41) is 0. The molecule has 2 N–H and O–H groups in total. The largest absolute Gasteiger partial charge is 0.328 e. The van der Waals surface area contributed by atoms with E-state index in [1.165, 1.54) is 12.8 Å². The fourth-order valence-corrected chi connectivity index (χ4v) is 2.28. The van der Waals surface area contributed by atoms with Crippen LogP contribution in [0.5, 0.6) is 0 Å². The van der Waals surface area contributed by atoms with Gasteiger partial charge in [0.05, 0.1) is 6.54 Å². The van der Waals surface area contributed by atoms with Crippen molar-refractivity contribution in [3.05, 3.63) is 24.3 Å². The standard InChI is InChI=1S/C12H20N4/c1-10(13)11-4-2-7-16(8-11)9-12-14-5-3-6-15-12/h3,5-6,10-11H,2,4,7-9,13H2,1H3. The Morgan fingerprint density at radius 3 is 2.94 bits per heavy atom. The second-order valence-corrected chi connectivity index (χ2v) is 4.66. The molecule has 1 saturated heterocycles. The lowest BCUT2D eigenvalue weighted by Crippen LogP contribution is -2.42. The molecule has 4 nitrogen and oxygen atoms in total. The van der Waals surface area contributed by atoms with Crippen LogP contribution in [0.15, 0.2) is 18.5 Å². The van der Waals surface area contributed by atoms with E-state index in [1.807, 2.05) is 6.07 Å². The van der Waals surface area contributed by atoms with Crippen LogP contribution in [0.1, 0.15) is 25.6 Å². The second-order valence-electron chi connectivity index (χ2n) is 4.66. The molecule has 0 saturated carbocycles. The highest BCUT2D eigenvalue weighted by Gasteiger charge is 2.22. The van der Waals surface area contributed by atoms with Crippen LogP contribution in [0.2, 0.25) is 0 Å². The van der Waals surface area contributed by atoms with Crippen LogP contribution >= 0.6 is 0 Å². The molecule has 0 spiro atoms. The van der Waals surface area contributed by atoms with E-state index in [9.17, 15) is 0 Å². The van der Waals surface area contributed by atoms with E-state index in [0.717, 1.165) is 25.5 Å². The van der Waals surface area contributed by atoms with Crippen LogP contribution in [0, 0.1) is 5.92 Å². The van der Waals surface area contributed by atoms with Gasteiger partial charge in [-0.3, -0.25) is 4.90 Å². The predicted octanol–water partition coefficient (Wildman–Crippen LogP) is 1.04. The molecular formula is C12H20N4. The van der Waals surface area contributed by atoms with E-state index in [2.05, 4.69) is 21.8 Å². The molecular weight excluding hydrogens is 200 g/mol. The van der Waals surface area contributed by atoms with E-state index < -0.39 is 0 Å². The highest BCUT2D eigenvalue weighted by molar-refractivity contribution is 4.90. The summed E-state index contributed by atoms with van der Waals surface area (Å²) in [7, 11) is 0. The Bertz CT molecular complexity index is 312. The zero-order valence-corrected chi connectivity index (χ0v) is 9.84. The smallest absolute Gasteiger partial charge is 0.142 e. The number of nitrogens with two attached hydrogens (primary N) is 1. The van der Waals surface area contributed by atoms with Gasteiger partial charge in [0.2, 0.25) is 0 Å². The van der Waals surface area contributed by atoms with Gasteiger partial charge in [0.15, 0.2) is 0 Å². The highest BCUT2D eigenvalue weighted by atomic mass is 15.2. The molecule has 1 aromatic rings. The fraction of sp³-hybridized carbons (Fsp3) is 0.667. The van der Waals surface area contributed by atoms with Crippen LogP contribution in [0.25, 0.3) is 0 Å². The first-order chi connectivity index (χ1) is 7.75. The van der Waals surface area contributed by atoms with E-state index in [0.29, 0.717) is 12.0 Å². The molecule has 2 heterocycles. The van der Waals surface area contributed by atoms with Crippen LogP contribution < -0.4 is 5.73 Å². The summed E-state index contributed by atoms with van der Waals surface area (Å²) in [6.07, 6.45) is 6.09. The van der Waals surface area contributed by atoms with Crippen molar-refractivity contribution in [1.82, 2.24) is 14.9 Å². The Balaban J connectivity index is 1.90. The zero-order chi connectivity index (χ0) is 11.4. The Hall–Kier alpha value is -1.00. The Morgan fingerprint density at radius 1 is 1.50 bits per heavy atom. The first-order valence-electron chi connectivity index (χ1n) is 5.99. The molecule has 0 amide bonds. The van der Waals surface area contributed by atoms with E-state index in [4.69, 9.17) is 5.73 Å². The first-order valence-corrected chi connectivity index (χ1v) is 5.99. The van der Waals surface area contributed by atoms with Gasteiger partial charge in [-0.1, -0.05) is 0 Å². The normalized spacial score (nSPS) is 24.2. The van der Waals surface area contributed by atoms with Crippen LogP contribution in [0.3, 0.4) is 0 Å². The third kappa shape index (κ3) is 3.00. The number of rotatable bonds is 3. The number of piperidine rings is 1. The van der Waals surface area contributed by atoms with Crippen LogP contribution in [0.4, 0.5) is 0 Å². The average Bonchev–Trinajstić information content (AvgIpc) is 2.30. The third-order valence-corrected chi connectivity index (χ3v) is 3.27. The maximum Gasteiger partial charge on any atom is 0.142 e. The summed E-state index contributed by atoms with van der Waals surface area (Å²) in [5.41, 5.74) is 5.96. The molecule has 2 rings (SSSR count). The molecule has 2 unspecified atom stereocenters. The molecule has 1 aliphatic rings. The fourth-order valence-electron chi connectivity index (χ4n) is 2.28. The van der Waals surface area contributed by atoms with Gasteiger partial charge in [0.25, 0.3) is 0 Å². The van der Waals surface area contributed by atoms with Crippen molar-refractivity contribution in [3.8, 4) is 0 Å². The van der Waals surface area contributed by atoms with Gasteiger partial charge in [-0.25, -0.2) is 9.97 Å². The number of hydrogen-bond acceptors (Lipinski definition) is 4. The molecule has 16 heavy (non-hydrogen) atoms. The molecule has 0 aliphatic carbocycles. The first kappa shape index (κ1) is 11.5. The number of hydrogen-bond donors (Lipinski definition) is 1. The van der Waals surface area contributed by atoms with Crippen molar-refractivity contribution in [2.45, 2.75) is 32.4 Å². The number of aromatic nitrogens is 2. The summed E-state index contributed by atoms with van der Waals surface area (Å²) < 4.78 is 0. The summed E-state index contributed by atoms with van der Waals surface area (Å²) in [6.45, 7) is 5.18. The average molecular weight is 220 g/mol. The molecule has 1 fully saturated rings. The maximum atomic E-state index is 5.96. The summed E-state index contributed by atoms with van der Waals surface area (Å²) >= 11 is 0. The van der Waals surface area contributed by atoms with E-state index in [1.54, 1.807) is 12.4 Å². The van der Waals surface area contributed by atoms with E-state index in [-0.39, 0.29) is 0 Å². The van der Waals surface area contributed by atoms with Gasteiger partial charge in [0.1, 0.15) is 5.82 Å². The van der Waals surface area contributed by atoms with Crippen molar-refractivity contribution in [3.63, 3.8) is 0 Å². The Kier molecular flexibility index (Phi) is 3.85. The zero-order valence-electron chi connectivity index (χ0n) is 9.84. The van der Waals surface area contributed by atoms with Crippen LogP contribution in [-0.2, 0) is 6.54 Å². The van der Waals surface area contributed by atoms with Crippen molar-refractivity contribution in [1.29, 1.82) is 0 Å². The molecule has 2 atom stereocenters. The number of likely N-dealkylation sites (tertiary alicyclic amines) is 1. The van der Waals surface area contributed by atoms with Crippen molar-refractivity contribution in [2.75, 3.05) is 13.1 Å². The summed E-state index contributed by atoms with van der Waals surface area (Å²) in [4.78, 5) is 10.9. The SMILES string of the molecule is CC(N)C1CCCN(Cc2ncccn2)C1. The van der Waals surface area contributed by atoms with Gasteiger partial charge in [-0.2, -0.15) is 0 Å². The minimum atomic E-state index is 0.291. The van der Waals surface area contributed by atoms with E-state index >= 15 is 0 Å². The summed E-state index contributed by atoms with van der Waals surface area (Å²) in [5.74, 6) is 1.53. The van der Waals surface area contributed by atoms with Crippen LogP contribution in [-0.4, -0.2) is 34.0 Å². The molecule has 1 aliphatic heterocycles. The molecule has 0 bridgehead atoms. The minimum Gasteiger partial charge on any atom is -0.328 e.